The van der Waals surface area contributed by atoms with Gasteiger partial charge in [-0.2, -0.15) is 5.26 Å². The fourth-order valence-electron chi connectivity index (χ4n) is 0.952. The third-order valence-electron chi connectivity index (χ3n) is 1.72. The van der Waals surface area contributed by atoms with Gasteiger partial charge in [0.25, 0.3) is 0 Å². The van der Waals surface area contributed by atoms with E-state index in [0.29, 0.717) is 0 Å². The molecule has 0 aliphatic carbocycles. The number of halogens is 1. The molecule has 5 nitrogen and oxygen atoms in total. The smallest absolute Gasteiger partial charge is 0.396 e. The monoisotopic (exact) mass is 222 g/mol. The molecule has 0 unspecified atom stereocenters. The van der Waals surface area contributed by atoms with E-state index >= 15 is 0 Å². The lowest BCUT2D eigenvalue weighted by molar-refractivity contribution is -0.150. The molecule has 82 valence electrons. The predicted octanol–water partition coefficient (Wildman–Crippen LogP) is 0.809. The molecule has 0 saturated heterocycles. The van der Waals surface area contributed by atoms with E-state index in [1.54, 1.807) is 6.07 Å². The molecule has 6 heteroatoms. The van der Waals surface area contributed by atoms with Gasteiger partial charge in [0.15, 0.2) is 0 Å². The second-order valence-electron chi connectivity index (χ2n) is 2.75. The van der Waals surface area contributed by atoms with Gasteiger partial charge in [0.1, 0.15) is 5.82 Å². The molecule has 1 amide bonds. The Labute approximate surface area is 90.4 Å². The number of esters is 1. The number of benzene rings is 1. The average molecular weight is 222 g/mol. The first-order chi connectivity index (χ1) is 7.58. The minimum Gasteiger partial charge on any atom is -0.462 e. The number of ether oxygens (including phenoxy) is 1. The minimum absolute atomic E-state index is 0.119. The second kappa shape index (κ2) is 4.89. The van der Waals surface area contributed by atoms with Gasteiger partial charge in [0.2, 0.25) is 0 Å². The number of amides is 1. The summed E-state index contributed by atoms with van der Waals surface area (Å²) in [6.07, 6.45) is 0. The number of rotatable bonds is 1. The van der Waals surface area contributed by atoms with Crippen LogP contribution in [-0.2, 0) is 14.3 Å². The molecule has 16 heavy (non-hydrogen) atoms. The van der Waals surface area contributed by atoms with Gasteiger partial charge in [-0.25, -0.2) is 9.18 Å². The van der Waals surface area contributed by atoms with E-state index in [9.17, 15) is 14.0 Å². The van der Waals surface area contributed by atoms with Gasteiger partial charge in [-0.3, -0.25) is 4.79 Å². The molecule has 0 aliphatic rings. The third kappa shape index (κ3) is 2.54. The van der Waals surface area contributed by atoms with E-state index < -0.39 is 17.7 Å². The Morgan fingerprint density at radius 1 is 1.50 bits per heavy atom. The summed E-state index contributed by atoms with van der Waals surface area (Å²) in [7, 11) is 1.04. The van der Waals surface area contributed by atoms with Crippen LogP contribution in [0.1, 0.15) is 5.56 Å². The van der Waals surface area contributed by atoms with E-state index in [0.717, 1.165) is 13.2 Å². The maximum atomic E-state index is 13.2. The molecule has 1 aromatic carbocycles. The number of nitriles is 1. The topological polar surface area (TPSA) is 79.2 Å². The Kier molecular flexibility index (Phi) is 3.56. The molecular formula is C10H7FN2O3. The highest BCUT2D eigenvalue weighted by Crippen LogP contribution is 2.15. The van der Waals surface area contributed by atoms with Crippen molar-refractivity contribution in [3.05, 3.63) is 29.6 Å². The van der Waals surface area contributed by atoms with Crippen molar-refractivity contribution < 1.29 is 18.7 Å². The highest BCUT2D eigenvalue weighted by atomic mass is 19.1. The van der Waals surface area contributed by atoms with Crippen LogP contribution in [-0.4, -0.2) is 19.0 Å². The van der Waals surface area contributed by atoms with E-state index in [4.69, 9.17) is 5.26 Å². The Balaban J connectivity index is 2.87. The molecule has 1 aromatic rings. The van der Waals surface area contributed by atoms with Crippen molar-refractivity contribution in [2.24, 2.45) is 0 Å². The quantitative estimate of drug-likeness (QED) is 0.563. The van der Waals surface area contributed by atoms with Crippen LogP contribution in [0.15, 0.2) is 18.2 Å². The summed E-state index contributed by atoms with van der Waals surface area (Å²) in [6, 6.07) is 5.19. The van der Waals surface area contributed by atoms with Gasteiger partial charge in [-0.05, 0) is 18.2 Å². The van der Waals surface area contributed by atoms with Crippen LogP contribution in [0.3, 0.4) is 0 Å². The van der Waals surface area contributed by atoms with Gasteiger partial charge < -0.3 is 10.1 Å². The van der Waals surface area contributed by atoms with Crippen LogP contribution in [0.4, 0.5) is 10.1 Å². The molecule has 0 spiro atoms. The number of hydrogen-bond donors (Lipinski definition) is 1. The lowest BCUT2D eigenvalue weighted by atomic mass is 10.2. The molecule has 0 atom stereocenters. The van der Waals surface area contributed by atoms with Crippen molar-refractivity contribution in [1.29, 1.82) is 5.26 Å². The lowest BCUT2D eigenvalue weighted by Gasteiger charge is -2.04. The molecule has 0 bridgehead atoms. The molecule has 0 radical (unpaired) electrons. The molecule has 0 aliphatic heterocycles. The van der Waals surface area contributed by atoms with Crippen LogP contribution in [0.2, 0.25) is 0 Å². The van der Waals surface area contributed by atoms with Crippen LogP contribution in [0.25, 0.3) is 0 Å². The van der Waals surface area contributed by atoms with Crippen molar-refractivity contribution in [3.63, 3.8) is 0 Å². The predicted molar refractivity (Wildman–Crippen MR) is 51.8 cm³/mol. The van der Waals surface area contributed by atoms with Crippen LogP contribution in [0.5, 0.6) is 0 Å². The Morgan fingerprint density at radius 3 is 2.69 bits per heavy atom. The maximum Gasteiger partial charge on any atom is 0.396 e. The number of carbonyl (C=O) groups is 2. The van der Waals surface area contributed by atoms with Crippen molar-refractivity contribution >= 4 is 17.6 Å². The van der Waals surface area contributed by atoms with E-state index in [1.807, 2.05) is 5.32 Å². The average Bonchev–Trinajstić information content (AvgIpc) is 2.30. The van der Waals surface area contributed by atoms with E-state index in [-0.39, 0.29) is 11.3 Å². The summed E-state index contributed by atoms with van der Waals surface area (Å²) in [5.74, 6) is -2.99. The first-order valence-electron chi connectivity index (χ1n) is 4.17. The Hall–Kier alpha value is -2.42. The lowest BCUT2D eigenvalue weighted by Crippen LogP contribution is -2.24. The third-order valence-corrected chi connectivity index (χ3v) is 1.72. The molecule has 0 saturated carbocycles. The Bertz CT molecular complexity index is 479. The first-order valence-corrected chi connectivity index (χ1v) is 4.17. The first kappa shape index (κ1) is 11.7. The van der Waals surface area contributed by atoms with Gasteiger partial charge in [0.05, 0.1) is 24.4 Å². The maximum absolute atomic E-state index is 13.2. The number of methoxy groups -OCH3 is 1. The van der Waals surface area contributed by atoms with Crippen LogP contribution >= 0.6 is 0 Å². The number of nitrogens with zero attached hydrogens (tertiary/aromatic N) is 1. The van der Waals surface area contributed by atoms with Gasteiger partial charge in [-0.1, -0.05) is 0 Å². The number of carbonyl (C=O) groups excluding carboxylic acids is 2. The summed E-state index contributed by atoms with van der Waals surface area (Å²) in [6.45, 7) is 0. The second-order valence-corrected chi connectivity index (χ2v) is 2.75. The molecule has 0 aromatic heterocycles. The van der Waals surface area contributed by atoms with E-state index in [1.165, 1.54) is 12.1 Å². The standard InChI is InChI=1S/C10H7FN2O3/c1-16-10(15)9(14)13-8-3-2-6(5-12)4-7(8)11/h2-4H,1H3,(H,13,14). The van der Waals surface area contributed by atoms with Crippen LogP contribution in [0, 0.1) is 17.1 Å². The summed E-state index contributed by atoms with van der Waals surface area (Å²) >= 11 is 0. The largest absolute Gasteiger partial charge is 0.462 e. The molecule has 1 N–H and O–H groups in total. The van der Waals surface area contributed by atoms with Crippen LogP contribution < -0.4 is 5.32 Å². The van der Waals surface area contributed by atoms with Crippen molar-refractivity contribution in [3.8, 4) is 6.07 Å². The zero-order valence-electron chi connectivity index (χ0n) is 8.28. The number of nitrogens with one attached hydrogen (secondary N) is 1. The zero-order valence-corrected chi connectivity index (χ0v) is 8.28. The SMILES string of the molecule is COC(=O)C(=O)Nc1ccc(C#N)cc1F. The fraction of sp³-hybridized carbons (Fsp3) is 0.100. The Morgan fingerprint density at radius 2 is 2.19 bits per heavy atom. The summed E-state index contributed by atoms with van der Waals surface area (Å²) in [4.78, 5) is 21.8. The van der Waals surface area contributed by atoms with Crippen molar-refractivity contribution in [2.45, 2.75) is 0 Å². The zero-order chi connectivity index (χ0) is 12.1. The van der Waals surface area contributed by atoms with E-state index in [2.05, 4.69) is 4.74 Å². The molecule has 1 rings (SSSR count). The normalized spacial score (nSPS) is 9.06. The molecular weight excluding hydrogens is 215 g/mol. The van der Waals surface area contributed by atoms with Gasteiger partial charge in [0, 0.05) is 0 Å². The number of anilines is 1. The summed E-state index contributed by atoms with van der Waals surface area (Å²) < 4.78 is 17.4. The van der Waals surface area contributed by atoms with Gasteiger partial charge >= 0.3 is 11.9 Å². The van der Waals surface area contributed by atoms with Crippen molar-refractivity contribution in [1.82, 2.24) is 0 Å². The fourth-order valence-corrected chi connectivity index (χ4v) is 0.952. The summed E-state index contributed by atoms with van der Waals surface area (Å²) in [5.41, 5.74) is -0.0667. The number of hydrogen-bond acceptors (Lipinski definition) is 4. The minimum atomic E-state index is -1.12. The van der Waals surface area contributed by atoms with Gasteiger partial charge in [-0.15, -0.1) is 0 Å². The van der Waals surface area contributed by atoms with Crippen molar-refractivity contribution in [2.75, 3.05) is 12.4 Å². The summed E-state index contributed by atoms with van der Waals surface area (Å²) in [5, 5.41) is 10.5. The molecule has 0 fully saturated rings. The molecule has 0 heterocycles. The highest BCUT2D eigenvalue weighted by Gasteiger charge is 2.15. The highest BCUT2D eigenvalue weighted by molar-refractivity contribution is 6.37.